The van der Waals surface area contributed by atoms with E-state index in [1.807, 2.05) is 0 Å². The molecule has 19 heavy (non-hydrogen) atoms. The number of ether oxygens (including phenoxy) is 2. The van der Waals surface area contributed by atoms with Gasteiger partial charge in [-0.05, 0) is 36.3 Å². The predicted octanol–water partition coefficient (Wildman–Crippen LogP) is 4.65. The van der Waals surface area contributed by atoms with Gasteiger partial charge in [-0.3, -0.25) is 0 Å². The van der Waals surface area contributed by atoms with Crippen molar-refractivity contribution in [3.63, 3.8) is 0 Å². The summed E-state index contributed by atoms with van der Waals surface area (Å²) in [5.41, 5.74) is 1.21. The van der Waals surface area contributed by atoms with Crippen LogP contribution in [0.5, 0.6) is 0 Å². The summed E-state index contributed by atoms with van der Waals surface area (Å²) in [6, 6.07) is 12.6. The monoisotopic (exact) mass is 320 g/mol. The summed E-state index contributed by atoms with van der Waals surface area (Å²) in [6.45, 7) is 1.43. The van der Waals surface area contributed by atoms with Crippen LogP contribution in [0, 0.1) is 0 Å². The molecule has 0 aliphatic carbocycles. The third-order valence-corrected chi connectivity index (χ3v) is 4.16. The van der Waals surface area contributed by atoms with Crippen LogP contribution in [0.25, 0.3) is 10.8 Å². The van der Waals surface area contributed by atoms with Gasteiger partial charge in [0.2, 0.25) is 0 Å². The number of halogens is 1. The van der Waals surface area contributed by atoms with Gasteiger partial charge in [-0.1, -0.05) is 46.3 Å². The highest BCUT2D eigenvalue weighted by Gasteiger charge is 2.14. The van der Waals surface area contributed by atoms with Gasteiger partial charge in [0, 0.05) is 16.5 Å². The molecule has 0 N–H and O–H groups in total. The minimum Gasteiger partial charge on any atom is -0.353 e. The number of hydrogen-bond acceptors (Lipinski definition) is 2. The number of benzene rings is 2. The number of rotatable bonds is 3. The first kappa shape index (κ1) is 13.1. The minimum absolute atomic E-state index is 0.0357. The molecule has 1 fully saturated rings. The molecule has 0 aromatic heterocycles. The molecule has 1 atom stereocenters. The Balaban J connectivity index is 1.80. The van der Waals surface area contributed by atoms with Crippen molar-refractivity contribution < 1.29 is 9.47 Å². The van der Waals surface area contributed by atoms with Crippen molar-refractivity contribution >= 4 is 26.7 Å². The van der Waals surface area contributed by atoms with Gasteiger partial charge in [0.05, 0.1) is 6.61 Å². The fraction of sp³-hybridized carbons (Fsp3) is 0.375. The fourth-order valence-corrected chi connectivity index (χ4v) is 3.15. The van der Waals surface area contributed by atoms with Gasteiger partial charge < -0.3 is 9.47 Å². The Kier molecular flexibility index (Phi) is 4.16. The molecule has 0 saturated carbocycles. The molecule has 2 aromatic rings. The SMILES string of the molecule is Brc1cccc2cccc(CO[C@H]3CCCCO3)c12. The van der Waals surface area contributed by atoms with Gasteiger partial charge in [0.15, 0.2) is 6.29 Å². The Morgan fingerprint density at radius 2 is 2.00 bits per heavy atom. The lowest BCUT2D eigenvalue weighted by atomic mass is 10.1. The molecule has 3 rings (SSSR count). The van der Waals surface area contributed by atoms with E-state index >= 15 is 0 Å². The summed E-state index contributed by atoms with van der Waals surface area (Å²) in [5.74, 6) is 0. The molecular weight excluding hydrogens is 304 g/mol. The third kappa shape index (κ3) is 2.99. The molecule has 0 amide bonds. The average molecular weight is 321 g/mol. The minimum atomic E-state index is -0.0357. The van der Waals surface area contributed by atoms with E-state index in [0.717, 1.165) is 23.9 Å². The summed E-state index contributed by atoms with van der Waals surface area (Å²) in [5, 5.41) is 2.47. The topological polar surface area (TPSA) is 18.5 Å². The zero-order valence-electron chi connectivity index (χ0n) is 10.8. The number of fused-ring (bicyclic) bond motifs is 1. The normalized spacial score (nSPS) is 19.7. The molecule has 0 unspecified atom stereocenters. The van der Waals surface area contributed by atoms with E-state index in [4.69, 9.17) is 9.47 Å². The highest BCUT2D eigenvalue weighted by atomic mass is 79.9. The Bertz CT molecular complexity index is 556. The van der Waals surface area contributed by atoms with E-state index in [9.17, 15) is 0 Å². The van der Waals surface area contributed by atoms with Crippen molar-refractivity contribution in [3.05, 3.63) is 46.4 Å². The maximum Gasteiger partial charge on any atom is 0.158 e. The Morgan fingerprint density at radius 1 is 1.16 bits per heavy atom. The van der Waals surface area contributed by atoms with E-state index in [1.54, 1.807) is 0 Å². The van der Waals surface area contributed by atoms with E-state index < -0.39 is 0 Å². The van der Waals surface area contributed by atoms with Crippen LogP contribution in [0.3, 0.4) is 0 Å². The van der Waals surface area contributed by atoms with Crippen LogP contribution in [0.1, 0.15) is 24.8 Å². The molecule has 1 heterocycles. The Morgan fingerprint density at radius 3 is 2.79 bits per heavy atom. The van der Waals surface area contributed by atoms with Crippen LogP contribution in [0.15, 0.2) is 40.9 Å². The molecule has 0 bridgehead atoms. The lowest BCUT2D eigenvalue weighted by molar-refractivity contribution is -0.168. The molecule has 0 spiro atoms. The average Bonchev–Trinajstić information content (AvgIpc) is 2.46. The second-order valence-electron chi connectivity index (χ2n) is 4.86. The fourth-order valence-electron chi connectivity index (χ4n) is 2.52. The van der Waals surface area contributed by atoms with E-state index in [2.05, 4.69) is 52.3 Å². The van der Waals surface area contributed by atoms with Crippen LogP contribution >= 0.6 is 15.9 Å². The highest BCUT2D eigenvalue weighted by Crippen LogP contribution is 2.28. The third-order valence-electron chi connectivity index (χ3n) is 3.50. The molecule has 3 heteroatoms. The first-order valence-corrected chi connectivity index (χ1v) is 7.53. The largest absolute Gasteiger partial charge is 0.353 e. The predicted molar refractivity (Wildman–Crippen MR) is 80.0 cm³/mol. The van der Waals surface area contributed by atoms with Gasteiger partial charge in [0.25, 0.3) is 0 Å². The van der Waals surface area contributed by atoms with E-state index in [1.165, 1.54) is 22.8 Å². The zero-order valence-corrected chi connectivity index (χ0v) is 12.4. The Hall–Kier alpha value is -0.900. The molecule has 1 aliphatic rings. The summed E-state index contributed by atoms with van der Waals surface area (Å²) < 4.78 is 12.6. The van der Waals surface area contributed by atoms with Crippen LogP contribution in [0.2, 0.25) is 0 Å². The van der Waals surface area contributed by atoms with Gasteiger partial charge in [0.1, 0.15) is 0 Å². The maximum absolute atomic E-state index is 5.89. The molecule has 1 saturated heterocycles. The smallest absolute Gasteiger partial charge is 0.158 e. The van der Waals surface area contributed by atoms with Crippen molar-refractivity contribution in [3.8, 4) is 0 Å². The summed E-state index contributed by atoms with van der Waals surface area (Å²) in [4.78, 5) is 0. The molecule has 2 aromatic carbocycles. The first-order chi connectivity index (χ1) is 9.34. The van der Waals surface area contributed by atoms with Crippen LogP contribution in [0.4, 0.5) is 0 Å². The standard InChI is InChI=1S/C16H17BrO2/c17-14-8-4-6-12-5-3-7-13(16(12)14)11-19-15-9-1-2-10-18-15/h3-8,15H,1-2,9-11H2/t15-/m0/s1. The van der Waals surface area contributed by atoms with Crippen molar-refractivity contribution in [2.24, 2.45) is 0 Å². The quantitative estimate of drug-likeness (QED) is 0.819. The second kappa shape index (κ2) is 6.04. The van der Waals surface area contributed by atoms with Crippen molar-refractivity contribution in [1.82, 2.24) is 0 Å². The molecule has 0 radical (unpaired) electrons. The Labute approximate surface area is 121 Å². The van der Waals surface area contributed by atoms with Crippen molar-refractivity contribution in [2.45, 2.75) is 32.2 Å². The maximum atomic E-state index is 5.89. The van der Waals surface area contributed by atoms with E-state index in [0.29, 0.717) is 6.61 Å². The van der Waals surface area contributed by atoms with Crippen molar-refractivity contribution in [1.29, 1.82) is 0 Å². The van der Waals surface area contributed by atoms with E-state index in [-0.39, 0.29) is 6.29 Å². The summed E-state index contributed by atoms with van der Waals surface area (Å²) in [7, 11) is 0. The summed E-state index contributed by atoms with van der Waals surface area (Å²) in [6.07, 6.45) is 3.32. The molecular formula is C16H17BrO2. The molecule has 1 aliphatic heterocycles. The van der Waals surface area contributed by atoms with Crippen LogP contribution < -0.4 is 0 Å². The first-order valence-electron chi connectivity index (χ1n) is 6.74. The molecule has 100 valence electrons. The van der Waals surface area contributed by atoms with Crippen LogP contribution in [-0.2, 0) is 16.1 Å². The summed E-state index contributed by atoms with van der Waals surface area (Å²) >= 11 is 3.63. The van der Waals surface area contributed by atoms with Gasteiger partial charge in [-0.25, -0.2) is 0 Å². The lowest BCUT2D eigenvalue weighted by Gasteiger charge is -2.23. The lowest BCUT2D eigenvalue weighted by Crippen LogP contribution is -2.22. The molecule has 2 nitrogen and oxygen atoms in total. The van der Waals surface area contributed by atoms with Gasteiger partial charge in [-0.2, -0.15) is 0 Å². The number of hydrogen-bond donors (Lipinski definition) is 0. The van der Waals surface area contributed by atoms with Gasteiger partial charge in [-0.15, -0.1) is 0 Å². The highest BCUT2D eigenvalue weighted by molar-refractivity contribution is 9.10. The van der Waals surface area contributed by atoms with Crippen molar-refractivity contribution in [2.75, 3.05) is 6.61 Å². The zero-order chi connectivity index (χ0) is 13.1. The van der Waals surface area contributed by atoms with Crippen LogP contribution in [-0.4, -0.2) is 12.9 Å². The van der Waals surface area contributed by atoms with Gasteiger partial charge >= 0.3 is 0 Å². The second-order valence-corrected chi connectivity index (χ2v) is 5.72.